The topological polar surface area (TPSA) is 65.9 Å². The molecule has 3 saturated carbocycles. The minimum atomic E-state index is -0.146. The zero-order valence-corrected chi connectivity index (χ0v) is 23.6. The van der Waals surface area contributed by atoms with E-state index < -0.39 is 0 Å². The Balaban J connectivity index is 1.04. The Kier molecular flexibility index (Phi) is 6.99. The largest absolute Gasteiger partial charge is 0.449 e. The van der Waals surface area contributed by atoms with Crippen molar-refractivity contribution in [2.45, 2.75) is 78.2 Å². The van der Waals surface area contributed by atoms with Crippen molar-refractivity contribution in [3.63, 3.8) is 0 Å². The van der Waals surface area contributed by atoms with Gasteiger partial charge in [-0.2, -0.15) is 0 Å². The maximum atomic E-state index is 13.0. The van der Waals surface area contributed by atoms with Crippen molar-refractivity contribution >= 4 is 11.8 Å². The summed E-state index contributed by atoms with van der Waals surface area (Å²) in [5.41, 5.74) is 3.36. The van der Waals surface area contributed by atoms with Crippen molar-refractivity contribution < 1.29 is 14.6 Å². The first-order chi connectivity index (χ1) is 18.3. The van der Waals surface area contributed by atoms with E-state index in [1.54, 1.807) is 5.57 Å². The molecule has 38 heavy (non-hydrogen) atoms. The van der Waals surface area contributed by atoms with E-state index in [1.807, 2.05) is 29.4 Å². The van der Waals surface area contributed by atoms with Crippen LogP contribution in [0.2, 0.25) is 0 Å². The van der Waals surface area contributed by atoms with Gasteiger partial charge in [-0.25, -0.2) is 4.79 Å². The Hall–Kier alpha value is -2.08. The maximum Gasteiger partial charge on any atom is 0.409 e. The zero-order valence-electron chi connectivity index (χ0n) is 23.6. The van der Waals surface area contributed by atoms with Crippen LogP contribution < -0.4 is 4.90 Å². The van der Waals surface area contributed by atoms with Gasteiger partial charge >= 0.3 is 6.09 Å². The van der Waals surface area contributed by atoms with Crippen LogP contribution >= 0.6 is 0 Å². The van der Waals surface area contributed by atoms with Crippen molar-refractivity contribution in [1.82, 2.24) is 9.88 Å². The molecule has 1 aromatic rings. The lowest BCUT2D eigenvalue weighted by Crippen LogP contribution is -2.51. The molecule has 0 aromatic carbocycles. The van der Waals surface area contributed by atoms with Gasteiger partial charge in [0.2, 0.25) is 0 Å². The van der Waals surface area contributed by atoms with Crippen LogP contribution in [0.15, 0.2) is 36.2 Å². The van der Waals surface area contributed by atoms with E-state index in [0.717, 1.165) is 50.1 Å². The summed E-state index contributed by atoms with van der Waals surface area (Å²) in [5.74, 6) is 3.32. The highest BCUT2D eigenvalue weighted by atomic mass is 16.6. The first kappa shape index (κ1) is 26.2. The second-order valence-corrected chi connectivity index (χ2v) is 13.6. The smallest absolute Gasteiger partial charge is 0.409 e. The zero-order chi connectivity index (χ0) is 26.5. The molecule has 1 amide bonds. The van der Waals surface area contributed by atoms with Gasteiger partial charge in [0.1, 0.15) is 0 Å². The summed E-state index contributed by atoms with van der Waals surface area (Å²) in [6.07, 6.45) is 15.3. The lowest BCUT2D eigenvalue weighted by molar-refractivity contribution is -0.0608. The van der Waals surface area contributed by atoms with Crippen LogP contribution in [0.5, 0.6) is 0 Å². The van der Waals surface area contributed by atoms with Crippen LogP contribution in [0.3, 0.4) is 0 Å². The SMILES string of the molecule is CC(COC(=O)N1CCN(c2ccncc2)CC1)[C@H]1CC[C@H]2[C@@H]3CC=C4C[C@@H](O)CC[C@]4(C)[C@H]3CC[C@]12C. The molecule has 4 aliphatic carbocycles. The van der Waals surface area contributed by atoms with Crippen molar-refractivity contribution in [3.8, 4) is 0 Å². The number of piperazine rings is 1. The van der Waals surface area contributed by atoms with E-state index in [0.29, 0.717) is 42.4 Å². The van der Waals surface area contributed by atoms with Crippen molar-refractivity contribution in [2.24, 2.45) is 40.4 Å². The average molecular weight is 522 g/mol. The number of hydrogen-bond acceptors (Lipinski definition) is 5. The van der Waals surface area contributed by atoms with Crippen molar-refractivity contribution in [3.05, 3.63) is 36.2 Å². The molecule has 0 spiro atoms. The van der Waals surface area contributed by atoms with Crippen LogP contribution in [-0.4, -0.2) is 60.0 Å². The molecule has 1 aliphatic heterocycles. The Morgan fingerprint density at radius 3 is 2.61 bits per heavy atom. The third kappa shape index (κ3) is 4.45. The van der Waals surface area contributed by atoms with Gasteiger partial charge in [-0.05, 0) is 104 Å². The Morgan fingerprint density at radius 2 is 1.84 bits per heavy atom. The van der Waals surface area contributed by atoms with Gasteiger partial charge in [0.15, 0.2) is 0 Å². The number of carbonyl (C=O) groups excluding carboxylic acids is 1. The highest BCUT2D eigenvalue weighted by Gasteiger charge is 2.59. The van der Waals surface area contributed by atoms with Gasteiger partial charge in [0, 0.05) is 44.3 Å². The molecular formula is C32H47N3O3. The van der Waals surface area contributed by atoms with Crippen molar-refractivity contribution in [1.29, 1.82) is 0 Å². The molecule has 6 nitrogen and oxygen atoms in total. The van der Waals surface area contributed by atoms with E-state index in [9.17, 15) is 9.90 Å². The normalized spacial score (nSPS) is 39.5. The molecule has 6 rings (SSSR count). The molecule has 1 unspecified atom stereocenters. The monoisotopic (exact) mass is 521 g/mol. The third-order valence-electron chi connectivity index (χ3n) is 11.9. The minimum Gasteiger partial charge on any atom is -0.449 e. The first-order valence-electron chi connectivity index (χ1n) is 15.2. The van der Waals surface area contributed by atoms with Gasteiger partial charge in [0.05, 0.1) is 12.7 Å². The quantitative estimate of drug-likeness (QED) is 0.499. The lowest BCUT2D eigenvalue weighted by Gasteiger charge is -2.58. The first-order valence-corrected chi connectivity index (χ1v) is 15.2. The number of allylic oxidation sites excluding steroid dienone is 1. The van der Waals surface area contributed by atoms with Crippen LogP contribution in [0.4, 0.5) is 10.5 Å². The summed E-state index contributed by atoms with van der Waals surface area (Å²) in [6.45, 7) is 11.0. The van der Waals surface area contributed by atoms with Crippen LogP contribution in [-0.2, 0) is 4.74 Å². The number of hydrogen-bond donors (Lipinski definition) is 1. The molecule has 1 saturated heterocycles. The molecule has 6 heteroatoms. The molecule has 0 bridgehead atoms. The molecule has 1 aromatic heterocycles. The number of anilines is 1. The van der Waals surface area contributed by atoms with Crippen LogP contribution in [0.25, 0.3) is 0 Å². The number of rotatable bonds is 4. The average Bonchev–Trinajstić information content (AvgIpc) is 3.30. The van der Waals surface area contributed by atoms with E-state index in [4.69, 9.17) is 4.74 Å². The molecule has 1 N–H and O–H groups in total. The summed E-state index contributed by atoms with van der Waals surface area (Å²) in [5, 5.41) is 10.3. The van der Waals surface area contributed by atoms with Crippen molar-refractivity contribution in [2.75, 3.05) is 37.7 Å². The Labute approximate surface area is 228 Å². The number of amides is 1. The minimum absolute atomic E-state index is 0.135. The fourth-order valence-corrected chi connectivity index (χ4v) is 9.73. The van der Waals surface area contributed by atoms with E-state index in [1.165, 1.54) is 37.8 Å². The number of ether oxygens (including phenoxy) is 1. The summed E-state index contributed by atoms with van der Waals surface area (Å²) >= 11 is 0. The summed E-state index contributed by atoms with van der Waals surface area (Å²) < 4.78 is 5.95. The molecular weight excluding hydrogens is 474 g/mol. The van der Waals surface area contributed by atoms with Gasteiger partial charge < -0.3 is 19.6 Å². The highest BCUT2D eigenvalue weighted by molar-refractivity contribution is 5.68. The number of aliphatic hydroxyl groups excluding tert-OH is 1. The second-order valence-electron chi connectivity index (χ2n) is 13.6. The fourth-order valence-electron chi connectivity index (χ4n) is 9.73. The number of aromatic nitrogens is 1. The van der Waals surface area contributed by atoms with E-state index in [-0.39, 0.29) is 12.2 Å². The molecule has 5 aliphatic rings. The third-order valence-corrected chi connectivity index (χ3v) is 11.9. The summed E-state index contributed by atoms with van der Waals surface area (Å²) in [7, 11) is 0. The predicted octanol–water partition coefficient (Wildman–Crippen LogP) is 5.92. The number of pyridine rings is 1. The van der Waals surface area contributed by atoms with Gasteiger partial charge in [0.25, 0.3) is 0 Å². The number of carbonyl (C=O) groups is 1. The molecule has 208 valence electrons. The standard InChI is InChI=1S/C32H47N3O3/c1-22(21-38-30(37)35-18-16-34(17-19-35)24-10-14-33-15-11-24)27-6-7-28-26-5-4-23-20-25(36)8-12-31(23,2)29(26)9-13-32(27,28)3/h4,10-11,14-15,22,25-29,36H,5-9,12-13,16-21H2,1-3H3/t22?,25-,26-,27+,28-,29-,31-,32+/m0/s1. The van der Waals surface area contributed by atoms with Gasteiger partial charge in [-0.1, -0.05) is 32.4 Å². The van der Waals surface area contributed by atoms with Crippen LogP contribution in [0.1, 0.15) is 72.1 Å². The summed E-state index contributed by atoms with van der Waals surface area (Å²) in [6, 6.07) is 4.06. The number of aliphatic hydroxyl groups is 1. The maximum absolute atomic E-state index is 13.0. The number of nitrogens with zero attached hydrogens (tertiary/aromatic N) is 3. The van der Waals surface area contributed by atoms with Gasteiger partial charge in [-0.3, -0.25) is 4.98 Å². The fraction of sp³-hybridized carbons (Fsp3) is 0.750. The molecule has 8 atom stereocenters. The molecule has 4 fully saturated rings. The van der Waals surface area contributed by atoms with Crippen LogP contribution in [0, 0.1) is 40.4 Å². The Morgan fingerprint density at radius 1 is 1.08 bits per heavy atom. The highest BCUT2D eigenvalue weighted by Crippen LogP contribution is 2.67. The Bertz CT molecular complexity index is 1040. The van der Waals surface area contributed by atoms with E-state index in [2.05, 4.69) is 36.7 Å². The lowest BCUT2D eigenvalue weighted by atomic mass is 9.47. The molecule has 2 heterocycles. The predicted molar refractivity (Wildman–Crippen MR) is 150 cm³/mol. The van der Waals surface area contributed by atoms with E-state index >= 15 is 0 Å². The number of fused-ring (bicyclic) bond motifs is 5. The second kappa shape index (κ2) is 10.1. The molecule has 0 radical (unpaired) electrons. The van der Waals surface area contributed by atoms with Gasteiger partial charge in [-0.15, -0.1) is 0 Å². The summed E-state index contributed by atoms with van der Waals surface area (Å²) in [4.78, 5) is 21.2.